The van der Waals surface area contributed by atoms with Crippen molar-refractivity contribution in [1.82, 2.24) is 4.90 Å². The molecule has 0 radical (unpaired) electrons. The number of hydrogen-bond acceptors (Lipinski definition) is 3. The molecule has 1 aliphatic rings. The Morgan fingerprint density at radius 3 is 2.93 bits per heavy atom. The second-order valence-corrected chi connectivity index (χ2v) is 3.31. The Morgan fingerprint density at radius 2 is 2.40 bits per heavy atom. The summed E-state index contributed by atoms with van der Waals surface area (Å²) in [5, 5.41) is 11.8. The van der Waals surface area contributed by atoms with Gasteiger partial charge in [-0.1, -0.05) is 5.11 Å². The molecule has 0 aromatic carbocycles. The largest absolute Gasteiger partial charge is 0.394 e. The van der Waals surface area contributed by atoms with Gasteiger partial charge < -0.3 is 10.0 Å². The van der Waals surface area contributed by atoms with E-state index >= 15 is 0 Å². The fourth-order valence-electron chi connectivity index (χ4n) is 1.54. The van der Waals surface area contributed by atoms with Crippen LogP contribution in [0.1, 0.15) is 6.42 Å². The number of aliphatic hydroxyl groups is 1. The van der Waals surface area contributed by atoms with Crippen LogP contribution in [0.15, 0.2) is 5.11 Å². The van der Waals surface area contributed by atoms with Crippen molar-refractivity contribution in [2.24, 2.45) is 5.11 Å². The van der Waals surface area contributed by atoms with Gasteiger partial charge in [0, 0.05) is 11.3 Å². The van der Waals surface area contributed by atoms with Gasteiger partial charge in [0.2, 0.25) is 5.91 Å². The molecule has 1 amide bonds. The Kier molecular flexibility index (Phi) is 3.43. The van der Waals surface area contributed by atoms with E-state index in [4.69, 9.17) is 10.6 Å². The van der Waals surface area contributed by atoms with E-state index in [-0.39, 0.29) is 0 Å². The lowest BCUT2D eigenvalue weighted by Gasteiger charge is -2.21. The molecule has 1 atom stereocenters. The zero-order valence-electron chi connectivity index (χ0n) is 7.81. The van der Waals surface area contributed by atoms with Crippen molar-refractivity contribution in [2.75, 3.05) is 19.7 Å². The number of aliphatic hydroxyl groups excluding tert-OH is 1. The molecule has 0 aromatic rings. The molecule has 1 fully saturated rings. The molecule has 1 aliphatic heterocycles. The topological polar surface area (TPSA) is 89.3 Å². The van der Waals surface area contributed by atoms with Crippen molar-refractivity contribution < 1.29 is 18.7 Å². The lowest BCUT2D eigenvalue weighted by molar-refractivity contribution is -0.132. The molecule has 0 unspecified atom stereocenters. The molecule has 0 bridgehead atoms. The van der Waals surface area contributed by atoms with Gasteiger partial charge in [0.05, 0.1) is 19.2 Å². The van der Waals surface area contributed by atoms with Crippen LogP contribution in [0.25, 0.3) is 10.4 Å². The predicted octanol–water partition coefficient (Wildman–Crippen LogP) is 0.525. The van der Waals surface area contributed by atoms with E-state index in [9.17, 15) is 13.6 Å². The van der Waals surface area contributed by atoms with Crippen LogP contribution in [0.2, 0.25) is 0 Å². The van der Waals surface area contributed by atoms with Crippen LogP contribution in [-0.4, -0.2) is 47.6 Å². The molecule has 1 heterocycles. The molecule has 6 nitrogen and oxygen atoms in total. The van der Waals surface area contributed by atoms with Gasteiger partial charge in [0.15, 0.2) is 0 Å². The van der Waals surface area contributed by atoms with Crippen molar-refractivity contribution in [1.29, 1.82) is 0 Å². The summed E-state index contributed by atoms with van der Waals surface area (Å²) in [6.07, 6.45) is -0.550. The van der Waals surface area contributed by atoms with Crippen LogP contribution < -0.4 is 0 Å². The number of halogens is 2. The third-order valence-electron chi connectivity index (χ3n) is 2.18. The maximum Gasteiger partial charge on any atom is 0.267 e. The summed E-state index contributed by atoms with van der Waals surface area (Å²) in [4.78, 5) is 14.5. The average Bonchev–Trinajstić information content (AvgIpc) is 2.50. The third kappa shape index (κ3) is 2.77. The highest BCUT2D eigenvalue weighted by Crippen LogP contribution is 2.31. The molecule has 0 spiro atoms. The fourth-order valence-corrected chi connectivity index (χ4v) is 1.54. The second kappa shape index (κ2) is 4.41. The van der Waals surface area contributed by atoms with Crippen LogP contribution in [0.3, 0.4) is 0 Å². The van der Waals surface area contributed by atoms with Gasteiger partial charge in [0.25, 0.3) is 5.92 Å². The highest BCUT2D eigenvalue weighted by molar-refractivity contribution is 5.79. The SMILES string of the molecule is [N-]=[N+]=NCC(=O)N1CC(F)(F)C[C@@H]1CO. The number of rotatable bonds is 3. The van der Waals surface area contributed by atoms with E-state index in [1.165, 1.54) is 0 Å². The molecule has 15 heavy (non-hydrogen) atoms. The molecule has 0 aromatic heterocycles. The second-order valence-electron chi connectivity index (χ2n) is 3.31. The number of nitrogens with zero attached hydrogens (tertiary/aromatic N) is 4. The lowest BCUT2D eigenvalue weighted by atomic mass is 10.2. The van der Waals surface area contributed by atoms with E-state index in [0.717, 1.165) is 4.90 Å². The van der Waals surface area contributed by atoms with Gasteiger partial charge in [-0.2, -0.15) is 0 Å². The molecule has 8 heteroatoms. The summed E-state index contributed by atoms with van der Waals surface area (Å²) >= 11 is 0. The third-order valence-corrected chi connectivity index (χ3v) is 2.18. The van der Waals surface area contributed by atoms with Crippen molar-refractivity contribution in [3.8, 4) is 0 Å². The van der Waals surface area contributed by atoms with E-state index in [1.54, 1.807) is 0 Å². The first-order valence-electron chi connectivity index (χ1n) is 4.29. The summed E-state index contributed by atoms with van der Waals surface area (Å²) in [5.41, 5.74) is 7.97. The average molecular weight is 220 g/mol. The van der Waals surface area contributed by atoms with Crippen LogP contribution in [0.5, 0.6) is 0 Å². The monoisotopic (exact) mass is 220 g/mol. The zero-order valence-corrected chi connectivity index (χ0v) is 7.81. The first kappa shape index (κ1) is 11.7. The van der Waals surface area contributed by atoms with Crippen LogP contribution in [-0.2, 0) is 4.79 Å². The van der Waals surface area contributed by atoms with Crippen molar-refractivity contribution in [3.05, 3.63) is 10.4 Å². The first-order valence-corrected chi connectivity index (χ1v) is 4.29. The summed E-state index contributed by atoms with van der Waals surface area (Å²) < 4.78 is 25.8. The Labute approximate surface area is 84.1 Å². The van der Waals surface area contributed by atoms with E-state index in [1.807, 2.05) is 0 Å². The van der Waals surface area contributed by atoms with E-state index < -0.39 is 44.0 Å². The van der Waals surface area contributed by atoms with E-state index in [0.29, 0.717) is 0 Å². The molecule has 84 valence electrons. The standard InChI is InChI=1S/C7H10F2N4O2/c8-7(9)1-5(3-14)13(4-7)6(15)2-11-12-10/h5,14H,1-4H2/t5-/m1/s1. The van der Waals surface area contributed by atoms with Crippen molar-refractivity contribution in [2.45, 2.75) is 18.4 Å². The number of amides is 1. The zero-order chi connectivity index (χ0) is 11.5. The highest BCUT2D eigenvalue weighted by atomic mass is 19.3. The number of carbonyl (C=O) groups excluding carboxylic acids is 1. The van der Waals surface area contributed by atoms with E-state index in [2.05, 4.69) is 10.0 Å². The van der Waals surface area contributed by atoms with Crippen molar-refractivity contribution >= 4 is 5.91 Å². The smallest absolute Gasteiger partial charge is 0.267 e. The number of azide groups is 1. The Hall–Kier alpha value is -1.40. The minimum Gasteiger partial charge on any atom is -0.394 e. The molecular weight excluding hydrogens is 210 g/mol. The minimum absolute atomic E-state index is 0.497. The summed E-state index contributed by atoms with van der Waals surface area (Å²) in [6, 6.07) is -0.888. The number of likely N-dealkylation sites (tertiary alicyclic amines) is 1. The van der Waals surface area contributed by atoms with Gasteiger partial charge in [-0.15, -0.1) is 0 Å². The maximum absolute atomic E-state index is 12.9. The van der Waals surface area contributed by atoms with Crippen LogP contribution >= 0.6 is 0 Å². The molecule has 1 saturated heterocycles. The fraction of sp³-hybridized carbons (Fsp3) is 0.857. The van der Waals surface area contributed by atoms with Gasteiger partial charge >= 0.3 is 0 Å². The van der Waals surface area contributed by atoms with Crippen LogP contribution in [0.4, 0.5) is 8.78 Å². The maximum atomic E-state index is 12.9. The summed E-state index contributed by atoms with van der Waals surface area (Å²) in [6.45, 7) is -1.74. The summed E-state index contributed by atoms with van der Waals surface area (Å²) in [7, 11) is 0. The number of alkyl halides is 2. The minimum atomic E-state index is -2.97. The number of carbonyl (C=O) groups is 1. The summed E-state index contributed by atoms with van der Waals surface area (Å²) in [5.74, 6) is -3.66. The molecular formula is C7H10F2N4O2. The molecule has 1 N–H and O–H groups in total. The van der Waals surface area contributed by atoms with Crippen molar-refractivity contribution in [3.63, 3.8) is 0 Å². The van der Waals surface area contributed by atoms with Crippen LogP contribution in [0, 0.1) is 0 Å². The Morgan fingerprint density at radius 1 is 1.73 bits per heavy atom. The predicted molar refractivity (Wildman–Crippen MR) is 46.2 cm³/mol. The molecule has 0 saturated carbocycles. The van der Waals surface area contributed by atoms with Gasteiger partial charge in [-0.25, -0.2) is 8.78 Å². The van der Waals surface area contributed by atoms with Gasteiger partial charge in [-0.05, 0) is 5.53 Å². The number of hydrogen-bond donors (Lipinski definition) is 1. The Bertz CT molecular complexity index is 303. The van der Waals surface area contributed by atoms with Gasteiger partial charge in [-0.3, -0.25) is 4.79 Å². The van der Waals surface area contributed by atoms with Gasteiger partial charge in [0.1, 0.15) is 6.54 Å². The molecule has 0 aliphatic carbocycles. The molecule has 1 rings (SSSR count). The quantitative estimate of drug-likeness (QED) is 0.427. The highest BCUT2D eigenvalue weighted by Gasteiger charge is 2.46. The first-order chi connectivity index (χ1) is 7.00. The normalized spacial score (nSPS) is 23.7. The lowest BCUT2D eigenvalue weighted by Crippen LogP contribution is -2.39. The Balaban J connectivity index is 2.67.